The Morgan fingerprint density at radius 1 is 1.16 bits per heavy atom. The molecule has 4 heteroatoms. The van der Waals surface area contributed by atoms with Crippen LogP contribution in [0.4, 0.5) is 0 Å². The highest BCUT2D eigenvalue weighted by molar-refractivity contribution is 7.44. The largest absolute Gasteiger partial charge is 0.369 e. The summed E-state index contributed by atoms with van der Waals surface area (Å²) in [5.74, 6) is 2.23. The molecule has 1 saturated heterocycles. The van der Waals surface area contributed by atoms with Crippen molar-refractivity contribution in [1.29, 1.82) is 0 Å². The fraction of sp³-hybridized carbons (Fsp3) is 0.407. The van der Waals surface area contributed by atoms with Crippen molar-refractivity contribution in [3.63, 3.8) is 0 Å². The molecule has 1 amide bonds. The summed E-state index contributed by atoms with van der Waals surface area (Å²) >= 11 is 0. The van der Waals surface area contributed by atoms with E-state index in [1.165, 1.54) is 16.4 Å². The van der Waals surface area contributed by atoms with Gasteiger partial charge in [0, 0.05) is 13.1 Å². The van der Waals surface area contributed by atoms with Crippen molar-refractivity contribution in [3.05, 3.63) is 83.2 Å². The SMILES string of the molecule is Cc1ccc(CCN2CCCC(C(C(N)=O)(C3=PC=CCC3)c3ccccc3)C2)cc1. The van der Waals surface area contributed by atoms with E-state index < -0.39 is 5.41 Å². The molecule has 31 heavy (non-hydrogen) atoms. The van der Waals surface area contributed by atoms with Gasteiger partial charge in [0.15, 0.2) is 0 Å². The van der Waals surface area contributed by atoms with Gasteiger partial charge in [-0.15, -0.1) is 0 Å². The van der Waals surface area contributed by atoms with E-state index in [-0.39, 0.29) is 11.8 Å². The molecule has 2 unspecified atom stereocenters. The van der Waals surface area contributed by atoms with Gasteiger partial charge in [-0.1, -0.05) is 74.4 Å². The number of nitrogens with two attached hydrogens (primary N) is 1. The first-order valence-corrected chi connectivity index (χ1v) is 12.4. The summed E-state index contributed by atoms with van der Waals surface area (Å²) in [6, 6.07) is 19.2. The van der Waals surface area contributed by atoms with E-state index in [0.717, 1.165) is 65.5 Å². The second kappa shape index (κ2) is 9.94. The van der Waals surface area contributed by atoms with Crippen molar-refractivity contribution in [3.8, 4) is 0 Å². The zero-order valence-corrected chi connectivity index (χ0v) is 19.4. The average molecular weight is 433 g/mol. The maximum Gasteiger partial charge on any atom is 0.232 e. The lowest BCUT2D eigenvalue weighted by atomic mass is 9.64. The van der Waals surface area contributed by atoms with E-state index in [4.69, 9.17) is 5.73 Å². The van der Waals surface area contributed by atoms with E-state index in [0.29, 0.717) is 0 Å². The van der Waals surface area contributed by atoms with Gasteiger partial charge in [-0.3, -0.25) is 4.79 Å². The second-order valence-electron chi connectivity index (χ2n) is 8.91. The number of hydrogen-bond acceptors (Lipinski definition) is 2. The van der Waals surface area contributed by atoms with Crippen LogP contribution in [0.5, 0.6) is 0 Å². The number of likely N-dealkylation sites (tertiary alicyclic amines) is 1. The van der Waals surface area contributed by atoms with Crippen molar-refractivity contribution < 1.29 is 4.79 Å². The molecule has 2 atom stereocenters. The number of nitrogens with zero attached hydrogens (tertiary/aromatic N) is 1. The van der Waals surface area contributed by atoms with E-state index in [9.17, 15) is 4.79 Å². The molecule has 162 valence electrons. The summed E-state index contributed by atoms with van der Waals surface area (Å²) < 4.78 is 0. The van der Waals surface area contributed by atoms with Crippen LogP contribution >= 0.6 is 8.20 Å². The Morgan fingerprint density at radius 3 is 2.61 bits per heavy atom. The molecular weight excluding hydrogens is 399 g/mol. The van der Waals surface area contributed by atoms with Gasteiger partial charge in [0.1, 0.15) is 5.41 Å². The van der Waals surface area contributed by atoms with E-state index in [1.54, 1.807) is 0 Å². The summed E-state index contributed by atoms with van der Waals surface area (Å²) in [5.41, 5.74) is 9.35. The summed E-state index contributed by atoms with van der Waals surface area (Å²) in [6.07, 6.45) is 7.35. The van der Waals surface area contributed by atoms with Crippen LogP contribution in [0.15, 0.2) is 66.5 Å². The van der Waals surface area contributed by atoms with Crippen LogP contribution in [0.3, 0.4) is 0 Å². The highest BCUT2D eigenvalue weighted by Crippen LogP contribution is 2.43. The summed E-state index contributed by atoms with van der Waals surface area (Å²) in [7, 11) is 1.14. The molecule has 1 fully saturated rings. The predicted octanol–water partition coefficient (Wildman–Crippen LogP) is 5.10. The Morgan fingerprint density at radius 2 is 1.94 bits per heavy atom. The number of carbonyl (C=O) groups is 1. The van der Waals surface area contributed by atoms with Crippen LogP contribution in [-0.4, -0.2) is 35.7 Å². The molecule has 4 rings (SSSR count). The Labute approximate surface area is 188 Å². The highest BCUT2D eigenvalue weighted by Gasteiger charge is 2.49. The van der Waals surface area contributed by atoms with Crippen molar-refractivity contribution in [2.45, 2.75) is 44.4 Å². The van der Waals surface area contributed by atoms with E-state index in [2.05, 4.69) is 60.1 Å². The second-order valence-corrected chi connectivity index (χ2v) is 10.0. The molecule has 0 radical (unpaired) electrons. The van der Waals surface area contributed by atoms with E-state index >= 15 is 0 Å². The zero-order chi connectivity index (χ0) is 21.7. The van der Waals surface area contributed by atoms with Gasteiger partial charge in [-0.25, -0.2) is 0 Å². The highest BCUT2D eigenvalue weighted by atomic mass is 31.1. The summed E-state index contributed by atoms with van der Waals surface area (Å²) in [4.78, 5) is 15.8. The smallest absolute Gasteiger partial charge is 0.232 e. The van der Waals surface area contributed by atoms with Crippen molar-refractivity contribution >= 4 is 19.4 Å². The third-order valence-electron chi connectivity index (χ3n) is 6.91. The first kappa shape index (κ1) is 22.0. The Hall–Kier alpha value is -2.22. The van der Waals surface area contributed by atoms with Gasteiger partial charge in [0.25, 0.3) is 0 Å². The fourth-order valence-electron chi connectivity index (χ4n) is 5.28. The van der Waals surface area contributed by atoms with Crippen LogP contribution in [-0.2, 0) is 16.6 Å². The summed E-state index contributed by atoms with van der Waals surface area (Å²) in [5, 5.41) is 1.28. The van der Waals surface area contributed by atoms with Crippen LogP contribution in [0.25, 0.3) is 0 Å². The number of amides is 1. The van der Waals surface area contributed by atoms with Crippen LogP contribution < -0.4 is 5.73 Å². The number of benzene rings is 2. The number of rotatable bonds is 7. The standard InChI is InChI=1S/C27H33N2OP/c1-21-12-14-22(15-13-21)16-18-29-17-7-10-24(20-29)27(26(28)30,23-8-3-2-4-9-23)25-11-5-6-19-31-25/h2-4,6,8-9,12-15,19,24H,5,7,10-11,16-18,20H2,1H3,(H2,28,30). The maximum atomic E-state index is 13.3. The molecule has 2 aromatic rings. The minimum absolute atomic E-state index is 0.179. The number of aryl methyl sites for hydroxylation is 1. The van der Waals surface area contributed by atoms with Crippen molar-refractivity contribution in [2.24, 2.45) is 11.7 Å². The van der Waals surface area contributed by atoms with Gasteiger partial charge in [-0.2, -0.15) is 0 Å². The molecule has 2 aliphatic rings. The number of carbonyl (C=O) groups excluding carboxylic acids is 1. The number of piperidine rings is 1. The third kappa shape index (κ3) is 4.68. The zero-order valence-electron chi connectivity index (χ0n) is 18.5. The first-order chi connectivity index (χ1) is 15.1. The monoisotopic (exact) mass is 432 g/mol. The quantitative estimate of drug-likeness (QED) is 0.619. The number of allylic oxidation sites excluding steroid dienone is 1. The summed E-state index contributed by atoms with van der Waals surface area (Å²) in [6.45, 7) is 5.17. The lowest BCUT2D eigenvalue weighted by Crippen LogP contribution is -2.57. The Bertz CT molecular complexity index is 951. The Balaban J connectivity index is 1.61. The van der Waals surface area contributed by atoms with Gasteiger partial charge in [0.05, 0.1) is 0 Å². The molecule has 0 aliphatic carbocycles. The lowest BCUT2D eigenvalue weighted by Gasteiger charge is -2.45. The Kier molecular flexibility index (Phi) is 7.05. The van der Waals surface area contributed by atoms with Crippen LogP contribution in [0.2, 0.25) is 0 Å². The predicted molar refractivity (Wildman–Crippen MR) is 132 cm³/mol. The molecule has 2 heterocycles. The molecule has 2 aromatic carbocycles. The normalized spacial score (nSPS) is 21.8. The third-order valence-corrected chi connectivity index (χ3v) is 8.16. The van der Waals surface area contributed by atoms with Gasteiger partial charge in [-0.05, 0) is 73.7 Å². The fourth-order valence-corrected chi connectivity index (χ4v) is 6.60. The molecule has 2 N–H and O–H groups in total. The first-order valence-electron chi connectivity index (χ1n) is 11.5. The van der Waals surface area contributed by atoms with Crippen LogP contribution in [0.1, 0.15) is 42.4 Å². The molecule has 0 spiro atoms. The minimum atomic E-state index is -0.684. The van der Waals surface area contributed by atoms with Gasteiger partial charge < -0.3 is 10.6 Å². The van der Waals surface area contributed by atoms with Crippen molar-refractivity contribution in [1.82, 2.24) is 4.90 Å². The molecule has 0 bridgehead atoms. The van der Waals surface area contributed by atoms with Gasteiger partial charge in [0.2, 0.25) is 5.91 Å². The molecule has 0 saturated carbocycles. The lowest BCUT2D eigenvalue weighted by molar-refractivity contribution is -0.123. The minimum Gasteiger partial charge on any atom is -0.369 e. The average Bonchev–Trinajstić information content (AvgIpc) is 2.81. The van der Waals surface area contributed by atoms with Crippen molar-refractivity contribution in [2.75, 3.05) is 19.6 Å². The van der Waals surface area contributed by atoms with E-state index in [1.807, 2.05) is 18.2 Å². The number of primary amides is 1. The number of hydrogen-bond donors (Lipinski definition) is 1. The molecule has 3 nitrogen and oxygen atoms in total. The maximum absolute atomic E-state index is 13.3. The van der Waals surface area contributed by atoms with Crippen LogP contribution in [0, 0.1) is 12.8 Å². The molecule has 0 aromatic heterocycles. The topological polar surface area (TPSA) is 46.3 Å². The molecule has 2 aliphatic heterocycles. The van der Waals surface area contributed by atoms with Gasteiger partial charge >= 0.3 is 0 Å². The molecular formula is C27H33N2OP.